The maximum atomic E-state index is 12.7. The molecule has 30 heavy (non-hydrogen) atoms. The number of ether oxygens (including phenoxy) is 2. The molecule has 0 amide bonds. The molecule has 1 aromatic carbocycles. The maximum absolute atomic E-state index is 12.7. The molecule has 6 nitrogen and oxygen atoms in total. The summed E-state index contributed by atoms with van der Waals surface area (Å²) in [6.07, 6.45) is -1.02. The van der Waals surface area contributed by atoms with Crippen molar-refractivity contribution in [3.63, 3.8) is 0 Å². The van der Waals surface area contributed by atoms with E-state index in [-0.39, 0.29) is 11.8 Å². The lowest BCUT2D eigenvalue weighted by molar-refractivity contribution is -0.167. The maximum Gasteiger partial charge on any atom is 0.340 e. The van der Waals surface area contributed by atoms with E-state index in [9.17, 15) is 4.79 Å². The van der Waals surface area contributed by atoms with Crippen LogP contribution in [0.4, 0.5) is 0 Å². The largest absolute Gasteiger partial charge is 0.464 e. The number of hydrogen-bond donors (Lipinski definition) is 0. The summed E-state index contributed by atoms with van der Waals surface area (Å²) in [6, 6.07) is 7.42. The van der Waals surface area contributed by atoms with E-state index in [0.29, 0.717) is 27.6 Å². The van der Waals surface area contributed by atoms with Gasteiger partial charge in [-0.1, -0.05) is 35.3 Å². The zero-order chi connectivity index (χ0) is 22.2. The molecule has 0 radical (unpaired) electrons. The minimum atomic E-state index is -1.02. The zero-order valence-corrected chi connectivity index (χ0v) is 19.4. The highest BCUT2D eigenvalue weighted by atomic mass is 35.5. The van der Waals surface area contributed by atoms with Crippen LogP contribution in [0.5, 0.6) is 0 Å². The molecule has 0 saturated carbocycles. The van der Waals surface area contributed by atoms with Crippen LogP contribution in [0.1, 0.15) is 50.6 Å². The van der Waals surface area contributed by atoms with E-state index in [4.69, 9.17) is 37.7 Å². The van der Waals surface area contributed by atoms with Gasteiger partial charge < -0.3 is 9.47 Å². The summed E-state index contributed by atoms with van der Waals surface area (Å²) in [7, 11) is 0. The standard InChI is InChI=1S/C22H25Cl2N3O3/c1-7-29-21(28)18(30-22(4,5)6)16-13(3)25-20-12(2)17(26-27(20)19(16)24)14-9-8-10-15(23)11-14/h8-11,18H,7H2,1-6H3. The lowest BCUT2D eigenvalue weighted by Crippen LogP contribution is -2.30. The third-order valence-electron chi connectivity index (χ3n) is 4.50. The lowest BCUT2D eigenvalue weighted by Gasteiger charge is -2.27. The molecular weight excluding hydrogens is 425 g/mol. The Morgan fingerprint density at radius 2 is 1.93 bits per heavy atom. The summed E-state index contributed by atoms with van der Waals surface area (Å²) < 4.78 is 12.8. The number of fused-ring (bicyclic) bond motifs is 1. The van der Waals surface area contributed by atoms with Crippen molar-refractivity contribution in [2.75, 3.05) is 6.61 Å². The molecule has 1 atom stereocenters. The van der Waals surface area contributed by atoms with Gasteiger partial charge in [0.05, 0.1) is 23.5 Å². The second-order valence-electron chi connectivity index (χ2n) is 7.98. The second kappa shape index (κ2) is 8.53. The Bertz CT molecular complexity index is 1100. The van der Waals surface area contributed by atoms with E-state index in [1.807, 2.05) is 45.9 Å². The number of halogens is 2. The van der Waals surface area contributed by atoms with Gasteiger partial charge in [-0.3, -0.25) is 0 Å². The van der Waals surface area contributed by atoms with E-state index < -0.39 is 17.7 Å². The van der Waals surface area contributed by atoms with Crippen LogP contribution in [-0.4, -0.2) is 32.8 Å². The Labute approximate surface area is 186 Å². The smallest absolute Gasteiger partial charge is 0.340 e. The Balaban J connectivity index is 2.22. The molecule has 3 rings (SSSR count). The van der Waals surface area contributed by atoms with Crippen LogP contribution in [0, 0.1) is 13.8 Å². The predicted molar refractivity (Wildman–Crippen MR) is 118 cm³/mol. The average molecular weight is 450 g/mol. The number of aryl methyl sites for hydroxylation is 2. The summed E-state index contributed by atoms with van der Waals surface area (Å²) in [5.74, 6) is -0.516. The van der Waals surface area contributed by atoms with E-state index in [2.05, 4.69) is 5.10 Å². The number of esters is 1. The highest BCUT2D eigenvalue weighted by molar-refractivity contribution is 6.31. The van der Waals surface area contributed by atoms with Gasteiger partial charge in [0.15, 0.2) is 11.8 Å². The zero-order valence-electron chi connectivity index (χ0n) is 17.9. The van der Waals surface area contributed by atoms with Crippen LogP contribution < -0.4 is 0 Å². The van der Waals surface area contributed by atoms with Crippen LogP contribution >= 0.6 is 23.2 Å². The van der Waals surface area contributed by atoms with E-state index in [0.717, 1.165) is 11.1 Å². The summed E-state index contributed by atoms with van der Waals surface area (Å²) >= 11 is 12.9. The molecule has 0 spiro atoms. The van der Waals surface area contributed by atoms with Gasteiger partial charge in [0.25, 0.3) is 0 Å². The van der Waals surface area contributed by atoms with Crippen molar-refractivity contribution < 1.29 is 14.3 Å². The first-order chi connectivity index (χ1) is 14.0. The first kappa shape index (κ1) is 22.5. The van der Waals surface area contributed by atoms with Gasteiger partial charge in [0.2, 0.25) is 0 Å². The van der Waals surface area contributed by atoms with Crippen LogP contribution in [0.15, 0.2) is 24.3 Å². The molecule has 1 unspecified atom stereocenters. The topological polar surface area (TPSA) is 65.7 Å². The van der Waals surface area contributed by atoms with Gasteiger partial charge in [0.1, 0.15) is 5.15 Å². The minimum absolute atomic E-state index is 0.231. The number of carbonyl (C=O) groups excluding carboxylic acids is 1. The summed E-state index contributed by atoms with van der Waals surface area (Å²) in [5.41, 5.74) is 3.45. The summed E-state index contributed by atoms with van der Waals surface area (Å²) in [4.78, 5) is 17.4. The fourth-order valence-corrected chi connectivity index (χ4v) is 3.79. The average Bonchev–Trinajstić information content (AvgIpc) is 2.97. The Hall–Kier alpha value is -2.15. The highest BCUT2D eigenvalue weighted by Gasteiger charge is 2.33. The molecule has 0 aliphatic rings. The Morgan fingerprint density at radius 1 is 1.23 bits per heavy atom. The molecule has 0 saturated heterocycles. The van der Waals surface area contributed by atoms with Crippen molar-refractivity contribution in [2.45, 2.75) is 53.2 Å². The van der Waals surface area contributed by atoms with Gasteiger partial charge in [0, 0.05) is 21.8 Å². The van der Waals surface area contributed by atoms with E-state index in [1.165, 1.54) is 4.52 Å². The fraction of sp³-hybridized carbons (Fsp3) is 0.409. The third kappa shape index (κ3) is 4.46. The molecule has 0 fully saturated rings. The third-order valence-corrected chi connectivity index (χ3v) is 5.09. The molecule has 160 valence electrons. The molecule has 3 aromatic rings. The van der Waals surface area contributed by atoms with Gasteiger partial charge in [-0.15, -0.1) is 0 Å². The van der Waals surface area contributed by atoms with Gasteiger partial charge in [-0.05, 0) is 53.7 Å². The molecule has 0 N–H and O–H groups in total. The molecule has 8 heteroatoms. The summed E-state index contributed by atoms with van der Waals surface area (Å²) in [6.45, 7) is 11.3. The molecule has 0 bridgehead atoms. The molecule has 0 aliphatic carbocycles. The van der Waals surface area contributed by atoms with Crippen LogP contribution in [0.25, 0.3) is 16.9 Å². The Kier molecular flexibility index (Phi) is 6.41. The SMILES string of the molecule is CCOC(=O)C(OC(C)(C)C)c1c(C)nc2c(C)c(-c3cccc(Cl)c3)nn2c1Cl. The fourth-order valence-electron chi connectivity index (χ4n) is 3.24. The normalized spacial score (nSPS) is 12.9. The van der Waals surface area contributed by atoms with E-state index >= 15 is 0 Å². The van der Waals surface area contributed by atoms with Crippen LogP contribution in [0.2, 0.25) is 10.2 Å². The van der Waals surface area contributed by atoms with Crippen molar-refractivity contribution in [1.29, 1.82) is 0 Å². The van der Waals surface area contributed by atoms with E-state index in [1.54, 1.807) is 19.9 Å². The molecule has 2 aromatic heterocycles. The Morgan fingerprint density at radius 3 is 2.53 bits per heavy atom. The van der Waals surface area contributed by atoms with Gasteiger partial charge in [-0.25, -0.2) is 14.3 Å². The molecular formula is C22H25Cl2N3O3. The number of nitrogens with zero attached hydrogens (tertiary/aromatic N) is 3. The first-order valence-corrected chi connectivity index (χ1v) is 10.4. The van der Waals surface area contributed by atoms with Crippen molar-refractivity contribution in [3.05, 3.63) is 51.3 Å². The number of rotatable bonds is 5. The first-order valence-electron chi connectivity index (χ1n) is 9.69. The highest BCUT2D eigenvalue weighted by Crippen LogP contribution is 2.35. The summed E-state index contributed by atoms with van der Waals surface area (Å²) in [5, 5.41) is 5.54. The predicted octanol–water partition coefficient (Wildman–Crippen LogP) is 5.74. The van der Waals surface area contributed by atoms with Crippen LogP contribution in [-0.2, 0) is 14.3 Å². The van der Waals surface area contributed by atoms with Gasteiger partial charge >= 0.3 is 5.97 Å². The van der Waals surface area contributed by atoms with Crippen molar-refractivity contribution in [3.8, 4) is 11.3 Å². The number of carbonyl (C=O) groups is 1. The van der Waals surface area contributed by atoms with Crippen molar-refractivity contribution >= 4 is 34.8 Å². The second-order valence-corrected chi connectivity index (χ2v) is 8.78. The van der Waals surface area contributed by atoms with Crippen molar-refractivity contribution in [1.82, 2.24) is 14.6 Å². The molecule has 2 heterocycles. The molecule has 0 aliphatic heterocycles. The van der Waals surface area contributed by atoms with Crippen molar-refractivity contribution in [2.24, 2.45) is 0 Å². The monoisotopic (exact) mass is 449 g/mol. The minimum Gasteiger partial charge on any atom is -0.464 e. The quantitative estimate of drug-likeness (QED) is 0.366. The van der Waals surface area contributed by atoms with Gasteiger partial charge in [-0.2, -0.15) is 5.10 Å². The lowest BCUT2D eigenvalue weighted by atomic mass is 10.1. The van der Waals surface area contributed by atoms with Crippen LogP contribution in [0.3, 0.4) is 0 Å². The number of aromatic nitrogens is 3. The number of benzene rings is 1. The number of hydrogen-bond acceptors (Lipinski definition) is 5.